The van der Waals surface area contributed by atoms with Gasteiger partial charge in [-0.25, -0.2) is 4.39 Å². The van der Waals surface area contributed by atoms with E-state index in [-0.39, 0.29) is 36.8 Å². The number of carbonyl (C=O) groups excluding carboxylic acids is 2. The van der Waals surface area contributed by atoms with Crippen LogP contribution >= 0.6 is 0 Å². The number of carbonyl (C=O) groups is 2. The quantitative estimate of drug-likeness (QED) is 0.652. The van der Waals surface area contributed by atoms with Crippen LogP contribution in [0.4, 0.5) is 4.39 Å². The zero-order valence-corrected chi connectivity index (χ0v) is 19.4. The van der Waals surface area contributed by atoms with E-state index in [4.69, 9.17) is 4.74 Å². The minimum Gasteiger partial charge on any atom is -0.483 e. The Labute approximate surface area is 190 Å². The van der Waals surface area contributed by atoms with Crippen molar-refractivity contribution in [3.05, 3.63) is 64.5 Å². The number of nitrogens with zero attached hydrogens (tertiary/aromatic N) is 1. The molecular weight excluding hydrogens is 407 g/mol. The van der Waals surface area contributed by atoms with E-state index in [9.17, 15) is 14.0 Å². The highest BCUT2D eigenvalue weighted by Crippen LogP contribution is 2.24. The lowest BCUT2D eigenvalue weighted by molar-refractivity contribution is -0.142. The molecule has 1 fully saturated rings. The highest BCUT2D eigenvalue weighted by molar-refractivity contribution is 5.88. The highest BCUT2D eigenvalue weighted by Gasteiger charge is 2.29. The molecular formula is C26H33FN2O3. The number of amides is 2. The standard InChI is InChI=1S/C26H33FN2O3/c1-17-13-18(2)19(3)24(14-17)32-16-25(30)29(15-21-9-11-22(27)12-10-21)20(4)26(31)28-23-7-5-6-8-23/h9-14,20,23H,5-8,15-16H2,1-4H3,(H,28,31). The Kier molecular flexibility index (Phi) is 7.89. The molecule has 0 aliphatic heterocycles. The van der Waals surface area contributed by atoms with Crippen molar-refractivity contribution >= 4 is 11.8 Å². The summed E-state index contributed by atoms with van der Waals surface area (Å²) in [4.78, 5) is 27.6. The van der Waals surface area contributed by atoms with Gasteiger partial charge < -0.3 is 15.0 Å². The molecule has 1 aliphatic rings. The third-order valence-corrected chi connectivity index (χ3v) is 6.25. The maximum atomic E-state index is 13.3. The molecule has 172 valence electrons. The Hall–Kier alpha value is -2.89. The molecule has 6 heteroatoms. The van der Waals surface area contributed by atoms with Crippen LogP contribution in [0.25, 0.3) is 0 Å². The summed E-state index contributed by atoms with van der Waals surface area (Å²) in [5.74, 6) is -0.134. The van der Waals surface area contributed by atoms with E-state index in [1.54, 1.807) is 19.1 Å². The van der Waals surface area contributed by atoms with E-state index in [0.717, 1.165) is 47.9 Å². The van der Waals surface area contributed by atoms with Crippen molar-refractivity contribution in [1.29, 1.82) is 0 Å². The van der Waals surface area contributed by atoms with Crippen molar-refractivity contribution in [1.82, 2.24) is 10.2 Å². The van der Waals surface area contributed by atoms with Crippen LogP contribution in [0.1, 0.15) is 54.9 Å². The van der Waals surface area contributed by atoms with Crippen LogP contribution in [-0.4, -0.2) is 35.4 Å². The van der Waals surface area contributed by atoms with Gasteiger partial charge in [0.1, 0.15) is 17.6 Å². The normalized spacial score (nSPS) is 14.8. The first-order chi connectivity index (χ1) is 15.2. The Bertz CT molecular complexity index is 952. The number of ether oxygens (including phenoxy) is 1. The first-order valence-electron chi connectivity index (χ1n) is 11.3. The van der Waals surface area contributed by atoms with Gasteiger partial charge in [0.15, 0.2) is 6.61 Å². The van der Waals surface area contributed by atoms with Crippen LogP contribution in [0.15, 0.2) is 36.4 Å². The van der Waals surface area contributed by atoms with E-state index < -0.39 is 6.04 Å². The fourth-order valence-corrected chi connectivity index (χ4v) is 4.13. The van der Waals surface area contributed by atoms with Gasteiger partial charge in [0, 0.05) is 12.6 Å². The number of benzene rings is 2. The molecule has 0 heterocycles. The molecule has 5 nitrogen and oxygen atoms in total. The summed E-state index contributed by atoms with van der Waals surface area (Å²) >= 11 is 0. The van der Waals surface area contributed by atoms with Crippen LogP contribution in [0.3, 0.4) is 0 Å². The summed E-state index contributed by atoms with van der Waals surface area (Å²) in [5, 5.41) is 3.07. The molecule has 0 aromatic heterocycles. The van der Waals surface area contributed by atoms with Crippen LogP contribution < -0.4 is 10.1 Å². The first-order valence-corrected chi connectivity index (χ1v) is 11.3. The topological polar surface area (TPSA) is 58.6 Å². The van der Waals surface area contributed by atoms with Crippen molar-refractivity contribution in [3.8, 4) is 5.75 Å². The van der Waals surface area contributed by atoms with Crippen molar-refractivity contribution in [3.63, 3.8) is 0 Å². The predicted molar refractivity (Wildman–Crippen MR) is 123 cm³/mol. The van der Waals surface area contributed by atoms with Crippen molar-refractivity contribution < 1.29 is 18.7 Å². The van der Waals surface area contributed by atoms with Gasteiger partial charge in [0.05, 0.1) is 0 Å². The molecule has 0 radical (unpaired) electrons. The molecule has 1 N–H and O–H groups in total. The highest BCUT2D eigenvalue weighted by atomic mass is 19.1. The second kappa shape index (κ2) is 10.6. The van der Waals surface area contributed by atoms with E-state index in [1.165, 1.54) is 17.0 Å². The maximum Gasteiger partial charge on any atom is 0.261 e. The van der Waals surface area contributed by atoms with Gasteiger partial charge in [-0.15, -0.1) is 0 Å². The molecule has 2 aromatic rings. The third kappa shape index (κ3) is 6.09. The van der Waals surface area contributed by atoms with Gasteiger partial charge in [-0.3, -0.25) is 9.59 Å². The van der Waals surface area contributed by atoms with Crippen LogP contribution in [-0.2, 0) is 16.1 Å². The first kappa shape index (κ1) is 23.8. The fourth-order valence-electron chi connectivity index (χ4n) is 4.13. The van der Waals surface area contributed by atoms with E-state index in [2.05, 4.69) is 11.4 Å². The number of aryl methyl sites for hydroxylation is 2. The lowest BCUT2D eigenvalue weighted by Crippen LogP contribution is -2.50. The number of hydrogen-bond donors (Lipinski definition) is 1. The molecule has 1 saturated carbocycles. The molecule has 2 amide bonds. The SMILES string of the molecule is Cc1cc(C)c(C)c(OCC(=O)N(Cc2ccc(F)cc2)C(C)C(=O)NC2CCCC2)c1. The number of hydrogen-bond acceptors (Lipinski definition) is 3. The van der Waals surface area contributed by atoms with Crippen molar-refractivity contribution in [2.24, 2.45) is 0 Å². The second-order valence-corrected chi connectivity index (χ2v) is 8.81. The number of rotatable bonds is 8. The minimum absolute atomic E-state index is 0.168. The molecule has 2 aromatic carbocycles. The average molecular weight is 441 g/mol. The summed E-state index contributed by atoms with van der Waals surface area (Å²) in [6, 6.07) is 9.46. The van der Waals surface area contributed by atoms with Gasteiger partial charge in [0.25, 0.3) is 5.91 Å². The van der Waals surface area contributed by atoms with Crippen LogP contribution in [0, 0.1) is 26.6 Å². The smallest absolute Gasteiger partial charge is 0.261 e. The molecule has 0 saturated heterocycles. The van der Waals surface area contributed by atoms with Crippen LogP contribution in [0.2, 0.25) is 0 Å². The van der Waals surface area contributed by atoms with E-state index >= 15 is 0 Å². The predicted octanol–water partition coefficient (Wildman–Crippen LogP) is 4.61. The number of nitrogens with one attached hydrogen (secondary N) is 1. The molecule has 1 unspecified atom stereocenters. The van der Waals surface area contributed by atoms with Gasteiger partial charge in [-0.2, -0.15) is 0 Å². The average Bonchev–Trinajstić information content (AvgIpc) is 3.27. The minimum atomic E-state index is -0.669. The zero-order valence-electron chi connectivity index (χ0n) is 19.4. The van der Waals surface area contributed by atoms with Crippen molar-refractivity contribution in [2.45, 2.75) is 72.0 Å². The summed E-state index contributed by atoms with van der Waals surface area (Å²) in [5.41, 5.74) is 3.89. The van der Waals surface area contributed by atoms with Gasteiger partial charge in [-0.05, 0) is 81.0 Å². The molecule has 32 heavy (non-hydrogen) atoms. The maximum absolute atomic E-state index is 13.3. The number of halogens is 1. The van der Waals surface area contributed by atoms with E-state index in [0.29, 0.717) is 5.75 Å². The summed E-state index contributed by atoms with van der Waals surface area (Å²) < 4.78 is 19.2. The molecule has 1 atom stereocenters. The summed E-state index contributed by atoms with van der Waals surface area (Å²) in [7, 11) is 0. The zero-order chi connectivity index (χ0) is 23.3. The summed E-state index contributed by atoms with van der Waals surface area (Å²) in [6.45, 7) is 7.71. The van der Waals surface area contributed by atoms with Gasteiger partial charge in [0.2, 0.25) is 5.91 Å². The van der Waals surface area contributed by atoms with Crippen LogP contribution in [0.5, 0.6) is 5.75 Å². The summed E-state index contributed by atoms with van der Waals surface area (Å²) in [6.07, 6.45) is 4.17. The molecule has 0 spiro atoms. The van der Waals surface area contributed by atoms with Gasteiger partial charge >= 0.3 is 0 Å². The van der Waals surface area contributed by atoms with Gasteiger partial charge in [-0.1, -0.05) is 31.0 Å². The largest absolute Gasteiger partial charge is 0.483 e. The monoisotopic (exact) mass is 440 g/mol. The Morgan fingerprint density at radius 2 is 1.78 bits per heavy atom. The lowest BCUT2D eigenvalue weighted by atomic mass is 10.1. The molecule has 3 rings (SSSR count). The second-order valence-electron chi connectivity index (χ2n) is 8.81. The Morgan fingerprint density at radius 3 is 2.44 bits per heavy atom. The molecule has 0 bridgehead atoms. The fraction of sp³-hybridized carbons (Fsp3) is 0.462. The van der Waals surface area contributed by atoms with E-state index in [1.807, 2.05) is 26.8 Å². The third-order valence-electron chi connectivity index (χ3n) is 6.25. The lowest BCUT2D eigenvalue weighted by Gasteiger charge is -2.30. The van der Waals surface area contributed by atoms with Crippen molar-refractivity contribution in [2.75, 3.05) is 6.61 Å². The Morgan fingerprint density at radius 1 is 1.12 bits per heavy atom. The molecule has 1 aliphatic carbocycles. The Balaban J connectivity index is 1.74.